The van der Waals surface area contributed by atoms with E-state index in [9.17, 15) is 8.78 Å². The van der Waals surface area contributed by atoms with Gasteiger partial charge in [-0.3, -0.25) is 0 Å². The molecule has 0 spiro atoms. The molecule has 0 heterocycles. The number of hydrogen-bond acceptors (Lipinski definition) is 2. The lowest BCUT2D eigenvalue weighted by Gasteiger charge is -2.12. The van der Waals surface area contributed by atoms with Crippen LogP contribution in [0.25, 0.3) is 0 Å². The van der Waals surface area contributed by atoms with Crippen molar-refractivity contribution in [2.45, 2.75) is 38.8 Å². The fraction of sp³-hybridized carbons (Fsp3) is 0.500. The third kappa shape index (κ3) is 4.14. The zero-order valence-corrected chi connectivity index (χ0v) is 9.33. The van der Waals surface area contributed by atoms with E-state index < -0.39 is 6.61 Å². The fourth-order valence-corrected chi connectivity index (χ4v) is 1.49. The molecule has 0 aliphatic heterocycles. The Labute approximate surface area is 94.4 Å². The van der Waals surface area contributed by atoms with E-state index in [1.807, 2.05) is 0 Å². The average Bonchev–Trinajstić information content (AvgIpc) is 2.26. The van der Waals surface area contributed by atoms with Crippen molar-refractivity contribution in [2.75, 3.05) is 0 Å². The predicted molar refractivity (Wildman–Crippen MR) is 59.5 cm³/mol. The lowest BCUT2D eigenvalue weighted by Crippen LogP contribution is -2.10. The lowest BCUT2D eigenvalue weighted by molar-refractivity contribution is -0.0498. The van der Waals surface area contributed by atoms with E-state index in [-0.39, 0.29) is 11.8 Å². The predicted octanol–water partition coefficient (Wildman–Crippen LogP) is 3.48. The number of ether oxygens (including phenoxy) is 1. The minimum atomic E-state index is -2.78. The Kier molecular flexibility index (Phi) is 5.19. The van der Waals surface area contributed by atoms with Crippen LogP contribution in [-0.2, 0) is 0 Å². The van der Waals surface area contributed by atoms with Gasteiger partial charge < -0.3 is 10.5 Å². The minimum Gasteiger partial charge on any atom is -0.435 e. The molecular weight excluding hydrogens is 212 g/mol. The van der Waals surface area contributed by atoms with Crippen LogP contribution >= 0.6 is 0 Å². The number of benzene rings is 1. The highest BCUT2D eigenvalue weighted by atomic mass is 19.3. The molecule has 2 N–H and O–H groups in total. The Hall–Kier alpha value is -1.16. The number of halogens is 2. The van der Waals surface area contributed by atoms with Crippen molar-refractivity contribution in [1.29, 1.82) is 0 Å². The molecular formula is C12H17F2NO. The zero-order valence-electron chi connectivity index (χ0n) is 9.33. The molecule has 0 aromatic heterocycles. The van der Waals surface area contributed by atoms with Crippen LogP contribution in [-0.4, -0.2) is 6.61 Å². The van der Waals surface area contributed by atoms with Crippen molar-refractivity contribution >= 4 is 0 Å². The highest BCUT2D eigenvalue weighted by Crippen LogP contribution is 2.21. The van der Waals surface area contributed by atoms with Crippen LogP contribution in [0.1, 0.15) is 37.8 Å². The van der Waals surface area contributed by atoms with E-state index in [4.69, 9.17) is 5.73 Å². The highest BCUT2D eigenvalue weighted by molar-refractivity contribution is 5.29. The maximum Gasteiger partial charge on any atom is 0.387 e. The Morgan fingerprint density at radius 2 is 1.88 bits per heavy atom. The highest BCUT2D eigenvalue weighted by Gasteiger charge is 2.07. The van der Waals surface area contributed by atoms with Gasteiger partial charge in [0.05, 0.1) is 0 Å². The summed E-state index contributed by atoms with van der Waals surface area (Å²) in [6.45, 7) is -0.675. The molecule has 0 aliphatic rings. The van der Waals surface area contributed by atoms with Gasteiger partial charge in [-0.25, -0.2) is 0 Å². The summed E-state index contributed by atoms with van der Waals surface area (Å²) in [6, 6.07) is 6.48. The third-order valence-electron chi connectivity index (χ3n) is 2.40. The number of nitrogens with two attached hydrogens (primary N) is 1. The third-order valence-corrected chi connectivity index (χ3v) is 2.40. The molecule has 1 rings (SSSR count). The molecule has 0 saturated carbocycles. The molecule has 4 heteroatoms. The first-order chi connectivity index (χ1) is 7.63. The summed E-state index contributed by atoms with van der Waals surface area (Å²) < 4.78 is 28.1. The molecule has 2 nitrogen and oxygen atoms in total. The number of alkyl halides is 2. The van der Waals surface area contributed by atoms with Crippen LogP contribution < -0.4 is 10.5 Å². The second-order valence-electron chi connectivity index (χ2n) is 3.70. The summed E-state index contributed by atoms with van der Waals surface area (Å²) in [5, 5.41) is 0. The van der Waals surface area contributed by atoms with Gasteiger partial charge in [-0.2, -0.15) is 8.78 Å². The molecule has 90 valence electrons. The molecule has 0 aliphatic carbocycles. The molecule has 0 fully saturated rings. The summed E-state index contributed by atoms with van der Waals surface area (Å²) in [4.78, 5) is 0. The second kappa shape index (κ2) is 6.43. The maximum absolute atomic E-state index is 11.9. The summed E-state index contributed by atoms with van der Waals surface area (Å²) in [6.07, 6.45) is 3.07. The largest absolute Gasteiger partial charge is 0.435 e. The molecule has 16 heavy (non-hydrogen) atoms. The van der Waals surface area contributed by atoms with E-state index >= 15 is 0 Å². The molecule has 1 atom stereocenters. The van der Waals surface area contributed by atoms with Crippen LogP contribution in [0.3, 0.4) is 0 Å². The van der Waals surface area contributed by atoms with Crippen molar-refractivity contribution in [3.8, 4) is 5.75 Å². The van der Waals surface area contributed by atoms with Gasteiger partial charge in [0.1, 0.15) is 5.75 Å². The van der Waals surface area contributed by atoms with Crippen molar-refractivity contribution in [3.63, 3.8) is 0 Å². The summed E-state index contributed by atoms with van der Waals surface area (Å²) in [7, 11) is 0. The molecule has 0 saturated heterocycles. The van der Waals surface area contributed by atoms with Gasteiger partial charge in [0, 0.05) is 6.04 Å². The summed E-state index contributed by atoms with van der Waals surface area (Å²) >= 11 is 0. The van der Waals surface area contributed by atoms with E-state index in [1.165, 1.54) is 12.1 Å². The molecule has 0 bridgehead atoms. The van der Waals surface area contributed by atoms with Crippen LogP contribution in [0, 0.1) is 0 Å². The Bertz CT molecular complexity index is 300. The smallest absolute Gasteiger partial charge is 0.387 e. The first-order valence-corrected chi connectivity index (χ1v) is 5.43. The average molecular weight is 229 g/mol. The van der Waals surface area contributed by atoms with Crippen molar-refractivity contribution in [2.24, 2.45) is 5.73 Å². The molecule has 1 aromatic rings. The molecule has 0 unspecified atom stereocenters. The number of unbranched alkanes of at least 4 members (excludes halogenated alkanes) is 1. The minimum absolute atomic E-state index is 0.0273. The van der Waals surface area contributed by atoms with E-state index in [0.29, 0.717) is 0 Å². The fourth-order valence-electron chi connectivity index (χ4n) is 1.49. The topological polar surface area (TPSA) is 35.2 Å². The van der Waals surface area contributed by atoms with Gasteiger partial charge in [-0.15, -0.1) is 0 Å². The monoisotopic (exact) mass is 229 g/mol. The maximum atomic E-state index is 11.9. The standard InChI is InChI=1S/C12H17F2NO/c1-2-3-4-11(15)9-5-7-10(8-6-9)16-12(13)14/h5-8,11-12H,2-4,15H2,1H3/t11-/m1/s1. The second-order valence-corrected chi connectivity index (χ2v) is 3.70. The van der Waals surface area contributed by atoms with Gasteiger partial charge in [0.2, 0.25) is 0 Å². The van der Waals surface area contributed by atoms with Crippen molar-refractivity contribution in [1.82, 2.24) is 0 Å². The van der Waals surface area contributed by atoms with Gasteiger partial charge in [-0.1, -0.05) is 31.9 Å². The number of rotatable bonds is 6. The van der Waals surface area contributed by atoms with Gasteiger partial charge in [-0.05, 0) is 24.1 Å². The van der Waals surface area contributed by atoms with E-state index in [2.05, 4.69) is 11.7 Å². The normalized spacial score (nSPS) is 12.8. The van der Waals surface area contributed by atoms with Crippen LogP contribution in [0.4, 0.5) is 8.78 Å². The van der Waals surface area contributed by atoms with Crippen LogP contribution in [0.15, 0.2) is 24.3 Å². The quantitative estimate of drug-likeness (QED) is 0.810. The molecule has 0 radical (unpaired) electrons. The van der Waals surface area contributed by atoms with Gasteiger partial charge in [0.15, 0.2) is 0 Å². The van der Waals surface area contributed by atoms with Crippen molar-refractivity contribution in [3.05, 3.63) is 29.8 Å². The summed E-state index contributed by atoms with van der Waals surface area (Å²) in [5.41, 5.74) is 6.90. The van der Waals surface area contributed by atoms with E-state index in [0.717, 1.165) is 24.8 Å². The lowest BCUT2D eigenvalue weighted by atomic mass is 10.0. The molecule has 0 amide bonds. The van der Waals surface area contributed by atoms with Gasteiger partial charge in [0.25, 0.3) is 0 Å². The first kappa shape index (κ1) is 12.9. The number of hydrogen-bond donors (Lipinski definition) is 1. The Balaban J connectivity index is 2.56. The first-order valence-electron chi connectivity index (χ1n) is 5.43. The van der Waals surface area contributed by atoms with Crippen LogP contribution in [0.2, 0.25) is 0 Å². The molecule has 1 aromatic carbocycles. The Morgan fingerprint density at radius 3 is 2.38 bits per heavy atom. The van der Waals surface area contributed by atoms with E-state index in [1.54, 1.807) is 12.1 Å². The van der Waals surface area contributed by atoms with Gasteiger partial charge >= 0.3 is 6.61 Å². The zero-order chi connectivity index (χ0) is 12.0. The van der Waals surface area contributed by atoms with Crippen LogP contribution in [0.5, 0.6) is 5.75 Å². The Morgan fingerprint density at radius 1 is 1.25 bits per heavy atom. The SMILES string of the molecule is CCCC[C@@H](N)c1ccc(OC(F)F)cc1. The summed E-state index contributed by atoms with van der Waals surface area (Å²) in [5.74, 6) is 0.168. The van der Waals surface area contributed by atoms with Crippen molar-refractivity contribution < 1.29 is 13.5 Å².